The van der Waals surface area contributed by atoms with Crippen molar-refractivity contribution in [1.82, 2.24) is 29.7 Å². The molecule has 3 N–H and O–H groups in total. The fourth-order valence-corrected chi connectivity index (χ4v) is 4.89. The van der Waals surface area contributed by atoms with Gasteiger partial charge in [0.2, 0.25) is 0 Å². The average molecular weight is 494 g/mol. The highest BCUT2D eigenvalue weighted by Gasteiger charge is 2.19. The number of pyridine rings is 2. The maximum absolute atomic E-state index is 6.30. The number of hydrogen-bond acceptors (Lipinski definition) is 6. The minimum atomic E-state index is 0.448. The van der Waals surface area contributed by atoms with Gasteiger partial charge in [-0.2, -0.15) is 0 Å². The zero-order chi connectivity index (χ0) is 25.8. The van der Waals surface area contributed by atoms with Gasteiger partial charge in [0.05, 0.1) is 11.3 Å². The van der Waals surface area contributed by atoms with E-state index in [-0.39, 0.29) is 0 Å². The van der Waals surface area contributed by atoms with Crippen molar-refractivity contribution in [2.75, 3.05) is 25.4 Å². The highest BCUT2D eigenvalue weighted by atomic mass is 15.2. The number of aromatic nitrogens is 4. The molecule has 0 aliphatic carbocycles. The van der Waals surface area contributed by atoms with E-state index in [0.29, 0.717) is 11.9 Å². The molecule has 1 aromatic carbocycles. The lowest BCUT2D eigenvalue weighted by molar-refractivity contribution is 0.199. The summed E-state index contributed by atoms with van der Waals surface area (Å²) in [6.45, 7) is 10.5. The Hall–Kier alpha value is -3.81. The van der Waals surface area contributed by atoms with Gasteiger partial charge in [0.25, 0.3) is 0 Å². The molecule has 0 amide bonds. The number of benzene rings is 1. The number of nitrogens with zero attached hydrogens (tertiary/aromatic N) is 5. The van der Waals surface area contributed by atoms with Crippen LogP contribution in [0.15, 0.2) is 73.0 Å². The van der Waals surface area contributed by atoms with Crippen molar-refractivity contribution in [3.05, 3.63) is 84.2 Å². The SMILES string of the molecule is C/C=C(\C=C/CC)c1ccc2nc(-c3cccnc3N)n(-c3ccc(CN4CCNC(C)C4)cc3)c2n1. The Morgan fingerprint density at radius 3 is 2.70 bits per heavy atom. The number of imidazole rings is 1. The number of allylic oxidation sites excluding steroid dienone is 4. The smallest absolute Gasteiger partial charge is 0.165 e. The number of nitrogen functional groups attached to an aromatic ring is 1. The molecule has 1 saturated heterocycles. The number of hydrogen-bond donors (Lipinski definition) is 2. The van der Waals surface area contributed by atoms with Crippen molar-refractivity contribution >= 4 is 22.6 Å². The summed E-state index contributed by atoms with van der Waals surface area (Å²) < 4.78 is 2.10. The molecule has 0 radical (unpaired) electrons. The van der Waals surface area contributed by atoms with Gasteiger partial charge in [-0.1, -0.05) is 37.3 Å². The zero-order valence-corrected chi connectivity index (χ0v) is 21.9. The predicted molar refractivity (Wildman–Crippen MR) is 152 cm³/mol. The number of anilines is 1. The van der Waals surface area contributed by atoms with E-state index in [0.717, 1.165) is 72.1 Å². The van der Waals surface area contributed by atoms with Gasteiger partial charge in [0.15, 0.2) is 11.5 Å². The second-order valence-electron chi connectivity index (χ2n) is 9.56. The van der Waals surface area contributed by atoms with E-state index in [9.17, 15) is 0 Å². The third-order valence-corrected chi connectivity index (χ3v) is 6.78. The molecule has 0 saturated carbocycles. The Bertz CT molecular complexity index is 1430. The van der Waals surface area contributed by atoms with Crippen LogP contribution in [-0.4, -0.2) is 50.1 Å². The van der Waals surface area contributed by atoms with Gasteiger partial charge in [-0.25, -0.2) is 15.0 Å². The van der Waals surface area contributed by atoms with Crippen molar-refractivity contribution in [3.8, 4) is 17.1 Å². The van der Waals surface area contributed by atoms with Crippen LogP contribution >= 0.6 is 0 Å². The van der Waals surface area contributed by atoms with E-state index in [2.05, 4.69) is 76.1 Å². The first-order valence-corrected chi connectivity index (χ1v) is 13.1. The van der Waals surface area contributed by atoms with Crippen LogP contribution in [0.3, 0.4) is 0 Å². The molecule has 0 bridgehead atoms. The van der Waals surface area contributed by atoms with Gasteiger partial charge in [0.1, 0.15) is 11.3 Å². The average Bonchev–Trinajstić information content (AvgIpc) is 3.28. The van der Waals surface area contributed by atoms with Gasteiger partial charge in [-0.15, -0.1) is 0 Å². The van der Waals surface area contributed by atoms with Crippen LogP contribution in [0.1, 0.15) is 38.4 Å². The molecule has 0 spiro atoms. The minimum absolute atomic E-state index is 0.448. The fourth-order valence-electron chi connectivity index (χ4n) is 4.89. The number of rotatable bonds is 7. The normalized spacial score (nSPS) is 17.2. The van der Waals surface area contributed by atoms with Crippen molar-refractivity contribution < 1.29 is 0 Å². The first-order chi connectivity index (χ1) is 18.1. The molecule has 7 heteroatoms. The molecule has 1 aliphatic rings. The summed E-state index contributed by atoms with van der Waals surface area (Å²) in [5.74, 6) is 1.18. The number of piperazine rings is 1. The van der Waals surface area contributed by atoms with Gasteiger partial charge < -0.3 is 11.1 Å². The molecular formula is C30H35N7. The highest BCUT2D eigenvalue weighted by molar-refractivity contribution is 5.85. The van der Waals surface area contributed by atoms with E-state index in [1.165, 1.54) is 5.56 Å². The summed E-state index contributed by atoms with van der Waals surface area (Å²) in [7, 11) is 0. The van der Waals surface area contributed by atoms with Crippen LogP contribution in [-0.2, 0) is 6.54 Å². The van der Waals surface area contributed by atoms with Gasteiger partial charge in [-0.3, -0.25) is 9.47 Å². The molecule has 1 fully saturated rings. The van der Waals surface area contributed by atoms with Crippen molar-refractivity contribution in [2.45, 2.75) is 39.8 Å². The quantitative estimate of drug-likeness (QED) is 0.343. The minimum Gasteiger partial charge on any atom is -0.383 e. The highest BCUT2D eigenvalue weighted by Crippen LogP contribution is 2.31. The second-order valence-corrected chi connectivity index (χ2v) is 9.56. The predicted octanol–water partition coefficient (Wildman–Crippen LogP) is 5.23. The van der Waals surface area contributed by atoms with Crippen LogP contribution in [0.4, 0.5) is 5.82 Å². The summed E-state index contributed by atoms with van der Waals surface area (Å²) in [5, 5.41) is 3.51. The third kappa shape index (κ3) is 5.33. The van der Waals surface area contributed by atoms with Crippen LogP contribution in [0.25, 0.3) is 33.8 Å². The molecule has 1 atom stereocenters. The maximum Gasteiger partial charge on any atom is 0.165 e. The maximum atomic E-state index is 6.30. The van der Waals surface area contributed by atoms with Crippen LogP contribution in [0, 0.1) is 0 Å². The standard InChI is InChI=1S/C30H35N7/c1-4-6-8-23(5-2)26-14-15-27-30(34-26)37(29(35-27)25-9-7-16-33-28(25)31)24-12-10-22(11-13-24)20-36-18-17-32-21(3)19-36/h5-16,21,32H,4,17-20H2,1-3H3,(H2,31,33)/b8-6-,23-5+. The third-order valence-electron chi connectivity index (χ3n) is 6.78. The Kier molecular flexibility index (Phi) is 7.44. The van der Waals surface area contributed by atoms with E-state index < -0.39 is 0 Å². The molecular weight excluding hydrogens is 458 g/mol. The van der Waals surface area contributed by atoms with Crippen LogP contribution in [0.2, 0.25) is 0 Å². The summed E-state index contributed by atoms with van der Waals surface area (Å²) in [6, 6.07) is 17.1. The van der Waals surface area contributed by atoms with E-state index in [4.69, 9.17) is 15.7 Å². The van der Waals surface area contributed by atoms with Crippen LogP contribution < -0.4 is 11.1 Å². The Balaban J connectivity index is 1.59. The molecule has 4 heterocycles. The second kappa shape index (κ2) is 11.1. The summed E-state index contributed by atoms with van der Waals surface area (Å²) >= 11 is 0. The van der Waals surface area contributed by atoms with E-state index in [1.54, 1.807) is 6.20 Å². The van der Waals surface area contributed by atoms with E-state index >= 15 is 0 Å². The molecule has 4 aromatic rings. The molecule has 5 rings (SSSR count). The fraction of sp³-hybridized carbons (Fsp3) is 0.300. The van der Waals surface area contributed by atoms with Gasteiger partial charge in [0, 0.05) is 44.1 Å². The summed E-state index contributed by atoms with van der Waals surface area (Å²) in [5.41, 5.74) is 13.0. The Morgan fingerprint density at radius 2 is 1.97 bits per heavy atom. The topological polar surface area (TPSA) is 84.9 Å². The largest absolute Gasteiger partial charge is 0.383 e. The lowest BCUT2D eigenvalue weighted by Gasteiger charge is -2.31. The molecule has 1 aliphatic heterocycles. The first-order valence-electron chi connectivity index (χ1n) is 13.1. The lowest BCUT2D eigenvalue weighted by Crippen LogP contribution is -2.48. The molecule has 7 nitrogen and oxygen atoms in total. The van der Waals surface area contributed by atoms with Gasteiger partial charge >= 0.3 is 0 Å². The summed E-state index contributed by atoms with van der Waals surface area (Å²) in [6.07, 6.45) is 9.04. The van der Waals surface area contributed by atoms with Crippen molar-refractivity contribution in [3.63, 3.8) is 0 Å². The lowest BCUT2D eigenvalue weighted by atomic mass is 10.1. The monoisotopic (exact) mass is 493 g/mol. The molecule has 1 unspecified atom stereocenters. The number of nitrogens with one attached hydrogen (secondary N) is 1. The van der Waals surface area contributed by atoms with Crippen molar-refractivity contribution in [1.29, 1.82) is 0 Å². The van der Waals surface area contributed by atoms with Crippen molar-refractivity contribution in [2.24, 2.45) is 0 Å². The summed E-state index contributed by atoms with van der Waals surface area (Å²) in [4.78, 5) is 16.9. The van der Waals surface area contributed by atoms with Crippen LogP contribution in [0.5, 0.6) is 0 Å². The molecule has 190 valence electrons. The van der Waals surface area contributed by atoms with Gasteiger partial charge in [-0.05, 0) is 67.8 Å². The molecule has 3 aromatic heterocycles. The zero-order valence-electron chi connectivity index (χ0n) is 21.9. The van der Waals surface area contributed by atoms with E-state index in [1.807, 2.05) is 31.2 Å². The number of nitrogens with two attached hydrogens (primary N) is 1. The number of fused-ring (bicyclic) bond motifs is 1. The Labute approximate surface area is 218 Å². The molecule has 37 heavy (non-hydrogen) atoms. The first kappa shape index (κ1) is 24.9. The Morgan fingerprint density at radius 1 is 1.14 bits per heavy atom.